The predicted octanol–water partition coefficient (Wildman–Crippen LogP) is 3.74. The smallest absolute Gasteiger partial charge is 0.328 e. The van der Waals surface area contributed by atoms with Crippen molar-refractivity contribution in [1.29, 1.82) is 0 Å². The predicted molar refractivity (Wildman–Crippen MR) is 105 cm³/mol. The van der Waals surface area contributed by atoms with Gasteiger partial charge in [0.1, 0.15) is 11.8 Å². The largest absolute Gasteiger partial charge is 0.482 e. The second-order valence-electron chi connectivity index (χ2n) is 7.07. The van der Waals surface area contributed by atoms with Crippen molar-refractivity contribution in [2.45, 2.75) is 40.7 Å². The van der Waals surface area contributed by atoms with E-state index in [-0.39, 0.29) is 18.4 Å². The zero-order valence-corrected chi connectivity index (χ0v) is 17.1. The summed E-state index contributed by atoms with van der Waals surface area (Å²) in [6.45, 7) is 9.83. The maximum Gasteiger partial charge on any atom is 0.328 e. The average Bonchev–Trinajstić information content (AvgIpc) is 2.96. The molecular formula is C20H24N2O4S. The molecule has 2 aromatic rings. The Morgan fingerprint density at radius 1 is 1.33 bits per heavy atom. The molecule has 1 aliphatic rings. The Morgan fingerprint density at radius 3 is 2.70 bits per heavy atom. The summed E-state index contributed by atoms with van der Waals surface area (Å²) in [4.78, 5) is 32.1. The Morgan fingerprint density at radius 2 is 2.07 bits per heavy atom. The molecule has 0 aliphatic carbocycles. The molecule has 1 atom stereocenters. The van der Waals surface area contributed by atoms with Crippen LogP contribution in [0.15, 0.2) is 18.2 Å². The zero-order chi connectivity index (χ0) is 19.7. The summed E-state index contributed by atoms with van der Waals surface area (Å²) >= 11 is 1.63. The summed E-state index contributed by atoms with van der Waals surface area (Å²) < 4.78 is 10.9. The molecule has 3 rings (SSSR count). The highest BCUT2D eigenvalue weighted by Crippen LogP contribution is 2.38. The first-order valence-corrected chi connectivity index (χ1v) is 9.79. The number of anilines is 1. The van der Waals surface area contributed by atoms with Crippen LogP contribution in [-0.4, -0.2) is 36.1 Å². The second kappa shape index (κ2) is 7.68. The van der Waals surface area contributed by atoms with Gasteiger partial charge in [0.15, 0.2) is 6.61 Å². The molecule has 2 heterocycles. The number of carbonyl (C=O) groups excluding carboxylic acids is 2. The molecule has 0 saturated carbocycles. The Labute approximate surface area is 163 Å². The van der Waals surface area contributed by atoms with Crippen LogP contribution in [0.5, 0.6) is 5.75 Å². The third-order valence-electron chi connectivity index (χ3n) is 4.30. The van der Waals surface area contributed by atoms with Gasteiger partial charge in [0.2, 0.25) is 0 Å². The summed E-state index contributed by atoms with van der Waals surface area (Å²) in [6.07, 6.45) is 0. The lowest BCUT2D eigenvalue weighted by atomic mass is 10.1. The van der Waals surface area contributed by atoms with E-state index < -0.39 is 12.0 Å². The van der Waals surface area contributed by atoms with Crippen molar-refractivity contribution in [3.05, 3.63) is 28.1 Å². The monoisotopic (exact) mass is 388 g/mol. The molecular weight excluding hydrogens is 364 g/mol. The first kappa shape index (κ1) is 19.4. The third kappa shape index (κ3) is 3.98. The molecule has 1 aliphatic heterocycles. The standard InChI is InChI=1S/C20H24N2O4S/c1-11(2)9-26-20(24)12(3)22-16-8-15(19-13(4)27-14(5)21-19)6-7-17(16)25-10-18(22)23/h6-8,11-12H,9-10H2,1-5H3. The van der Waals surface area contributed by atoms with Crippen LogP contribution in [0, 0.1) is 19.8 Å². The molecule has 0 bridgehead atoms. The first-order valence-electron chi connectivity index (χ1n) is 8.98. The van der Waals surface area contributed by atoms with Crippen LogP contribution >= 0.6 is 11.3 Å². The fourth-order valence-electron chi connectivity index (χ4n) is 3.01. The van der Waals surface area contributed by atoms with Crippen molar-refractivity contribution < 1.29 is 19.1 Å². The lowest BCUT2D eigenvalue weighted by molar-refractivity contribution is -0.147. The molecule has 6 nitrogen and oxygen atoms in total. The third-order valence-corrected chi connectivity index (χ3v) is 5.19. The summed E-state index contributed by atoms with van der Waals surface area (Å²) in [5.74, 6) is 0.124. The van der Waals surface area contributed by atoms with E-state index in [0.717, 1.165) is 21.1 Å². The van der Waals surface area contributed by atoms with Gasteiger partial charge < -0.3 is 9.47 Å². The number of aryl methyl sites for hydroxylation is 2. The number of ether oxygens (including phenoxy) is 2. The number of rotatable bonds is 5. The number of esters is 1. The van der Waals surface area contributed by atoms with Crippen LogP contribution in [0.2, 0.25) is 0 Å². The summed E-state index contributed by atoms with van der Waals surface area (Å²) in [5, 5.41) is 0.982. The molecule has 27 heavy (non-hydrogen) atoms. The summed E-state index contributed by atoms with van der Waals surface area (Å²) in [6, 6.07) is 4.88. The number of fused-ring (bicyclic) bond motifs is 1. The summed E-state index contributed by atoms with van der Waals surface area (Å²) in [7, 11) is 0. The molecule has 0 fully saturated rings. The number of thiazole rings is 1. The number of hydrogen-bond donors (Lipinski definition) is 0. The minimum absolute atomic E-state index is 0.0943. The van der Waals surface area contributed by atoms with Gasteiger partial charge in [0.25, 0.3) is 5.91 Å². The number of nitrogens with zero attached hydrogens (tertiary/aromatic N) is 2. The zero-order valence-electron chi connectivity index (χ0n) is 16.2. The Balaban J connectivity index is 1.96. The quantitative estimate of drug-likeness (QED) is 0.730. The topological polar surface area (TPSA) is 68.7 Å². The molecule has 0 spiro atoms. The lowest BCUT2D eigenvalue weighted by Crippen LogP contribution is -2.48. The van der Waals surface area contributed by atoms with E-state index in [1.165, 1.54) is 4.90 Å². The van der Waals surface area contributed by atoms with E-state index in [4.69, 9.17) is 9.47 Å². The van der Waals surface area contributed by atoms with Gasteiger partial charge in [-0.15, -0.1) is 11.3 Å². The van der Waals surface area contributed by atoms with Crippen LogP contribution in [-0.2, 0) is 14.3 Å². The number of carbonyl (C=O) groups is 2. The lowest BCUT2D eigenvalue weighted by Gasteiger charge is -2.33. The molecule has 0 N–H and O–H groups in total. The van der Waals surface area contributed by atoms with Crippen LogP contribution in [0.25, 0.3) is 11.3 Å². The molecule has 144 valence electrons. The van der Waals surface area contributed by atoms with Crippen molar-refractivity contribution in [2.24, 2.45) is 5.92 Å². The van der Waals surface area contributed by atoms with Gasteiger partial charge in [-0.1, -0.05) is 13.8 Å². The Bertz CT molecular complexity index is 875. The molecule has 0 radical (unpaired) electrons. The van der Waals surface area contributed by atoms with Crippen molar-refractivity contribution in [3.63, 3.8) is 0 Å². The number of benzene rings is 1. The Hall–Kier alpha value is -2.41. The normalized spacial score (nSPS) is 14.7. The van der Waals surface area contributed by atoms with Crippen LogP contribution < -0.4 is 9.64 Å². The minimum atomic E-state index is -0.729. The Kier molecular flexibility index (Phi) is 5.51. The van der Waals surface area contributed by atoms with Crippen molar-refractivity contribution >= 4 is 28.9 Å². The average molecular weight is 388 g/mol. The van der Waals surface area contributed by atoms with Gasteiger partial charge in [0.05, 0.1) is 23.0 Å². The molecule has 1 aromatic heterocycles. The maximum absolute atomic E-state index is 12.5. The van der Waals surface area contributed by atoms with Crippen LogP contribution in [0.4, 0.5) is 5.69 Å². The molecule has 0 saturated heterocycles. The first-order chi connectivity index (χ1) is 12.8. The highest BCUT2D eigenvalue weighted by Gasteiger charge is 2.34. The van der Waals surface area contributed by atoms with Crippen molar-refractivity contribution in [3.8, 4) is 17.0 Å². The molecule has 7 heteroatoms. The number of amides is 1. The van der Waals surface area contributed by atoms with E-state index in [1.54, 1.807) is 18.3 Å². The summed E-state index contributed by atoms with van der Waals surface area (Å²) in [5.41, 5.74) is 2.35. The van der Waals surface area contributed by atoms with E-state index in [0.29, 0.717) is 18.0 Å². The minimum Gasteiger partial charge on any atom is -0.482 e. The van der Waals surface area contributed by atoms with E-state index in [1.807, 2.05) is 45.9 Å². The van der Waals surface area contributed by atoms with E-state index >= 15 is 0 Å². The highest BCUT2D eigenvalue weighted by atomic mass is 32.1. The van der Waals surface area contributed by atoms with Gasteiger partial charge >= 0.3 is 5.97 Å². The van der Waals surface area contributed by atoms with E-state index in [9.17, 15) is 9.59 Å². The van der Waals surface area contributed by atoms with Gasteiger partial charge in [-0.2, -0.15) is 0 Å². The van der Waals surface area contributed by atoms with Gasteiger partial charge in [-0.05, 0) is 44.9 Å². The van der Waals surface area contributed by atoms with Crippen molar-refractivity contribution in [2.75, 3.05) is 18.1 Å². The molecule has 1 unspecified atom stereocenters. The highest BCUT2D eigenvalue weighted by molar-refractivity contribution is 7.11. The van der Waals surface area contributed by atoms with Gasteiger partial charge in [-0.25, -0.2) is 9.78 Å². The molecule has 1 aromatic carbocycles. The fraction of sp³-hybridized carbons (Fsp3) is 0.450. The fourth-order valence-corrected chi connectivity index (χ4v) is 3.85. The number of aromatic nitrogens is 1. The maximum atomic E-state index is 12.5. The van der Waals surface area contributed by atoms with Gasteiger partial charge in [0, 0.05) is 10.4 Å². The number of hydrogen-bond acceptors (Lipinski definition) is 6. The second-order valence-corrected chi connectivity index (χ2v) is 8.48. The van der Waals surface area contributed by atoms with Crippen LogP contribution in [0.1, 0.15) is 30.7 Å². The van der Waals surface area contributed by atoms with Gasteiger partial charge in [-0.3, -0.25) is 9.69 Å². The van der Waals surface area contributed by atoms with Crippen LogP contribution in [0.3, 0.4) is 0 Å². The van der Waals surface area contributed by atoms with Crippen molar-refractivity contribution in [1.82, 2.24) is 4.98 Å². The molecule has 1 amide bonds. The SMILES string of the molecule is Cc1nc(-c2ccc3c(c2)N(C(C)C(=O)OCC(C)C)C(=O)CO3)c(C)s1. The van der Waals surface area contributed by atoms with E-state index in [2.05, 4.69) is 4.98 Å².